The summed E-state index contributed by atoms with van der Waals surface area (Å²) in [6.07, 6.45) is 2.03. The molecule has 0 unspecified atom stereocenters. The second-order valence-electron chi connectivity index (χ2n) is 7.00. The summed E-state index contributed by atoms with van der Waals surface area (Å²) < 4.78 is 34.1. The third kappa shape index (κ3) is 9.44. The number of nitrogens with one attached hydrogen (secondary N) is 2. The average Bonchev–Trinajstić information content (AvgIpc) is 2.72. The van der Waals surface area contributed by atoms with E-state index < -0.39 is 9.84 Å². The van der Waals surface area contributed by atoms with Crippen LogP contribution in [0.2, 0.25) is 0 Å². The molecule has 9 heteroatoms. The normalized spacial score (nSPS) is 11.5. The number of halogens is 1. The van der Waals surface area contributed by atoms with Crippen LogP contribution in [0.15, 0.2) is 52.4 Å². The molecule has 31 heavy (non-hydrogen) atoms. The van der Waals surface area contributed by atoms with E-state index >= 15 is 0 Å². The molecule has 0 saturated heterocycles. The molecule has 172 valence electrons. The Morgan fingerprint density at radius 3 is 2.32 bits per heavy atom. The van der Waals surface area contributed by atoms with Crippen LogP contribution in [0.3, 0.4) is 0 Å². The van der Waals surface area contributed by atoms with Gasteiger partial charge in [0.05, 0.1) is 11.5 Å². The monoisotopic (exact) mass is 561 g/mol. The predicted octanol–water partition coefficient (Wildman–Crippen LogP) is 3.30. The number of nitrogens with zero attached hydrogens (tertiary/aromatic N) is 1. The zero-order valence-electron chi connectivity index (χ0n) is 18.5. The standard InChI is InChI=1S/C22H31N3O4S.HI/c1-17-6-9-19(21(14-17)29-13-5-12-28-3)16-25-22(23-2)24-15-18-7-10-20(11-8-18)30(4,26)27;/h6-11,14H,5,12-13,15-16H2,1-4H3,(H2,23,24,25);1H. The second-order valence-corrected chi connectivity index (χ2v) is 9.02. The Bertz CT molecular complexity index is 948. The number of sulfone groups is 1. The van der Waals surface area contributed by atoms with Gasteiger partial charge in [-0.05, 0) is 36.2 Å². The van der Waals surface area contributed by atoms with E-state index in [4.69, 9.17) is 9.47 Å². The highest BCUT2D eigenvalue weighted by molar-refractivity contribution is 14.0. The molecule has 0 aromatic heterocycles. The van der Waals surface area contributed by atoms with Gasteiger partial charge in [0.2, 0.25) is 0 Å². The molecule has 2 aromatic rings. The Labute approximate surface area is 202 Å². The van der Waals surface area contributed by atoms with Crippen LogP contribution in [0.1, 0.15) is 23.1 Å². The van der Waals surface area contributed by atoms with Crippen molar-refractivity contribution in [3.8, 4) is 5.75 Å². The summed E-state index contributed by atoms with van der Waals surface area (Å²) in [6.45, 7) is 4.39. The van der Waals surface area contributed by atoms with E-state index in [1.54, 1.807) is 38.4 Å². The van der Waals surface area contributed by atoms with Crippen LogP contribution in [-0.4, -0.2) is 48.0 Å². The SMILES string of the molecule is CN=C(NCc1ccc(S(C)(=O)=O)cc1)NCc1ccc(C)cc1OCCCOC.I. The molecule has 2 rings (SSSR count). The highest BCUT2D eigenvalue weighted by atomic mass is 127. The van der Waals surface area contributed by atoms with E-state index in [9.17, 15) is 8.42 Å². The third-order valence-corrected chi connectivity index (χ3v) is 5.58. The lowest BCUT2D eigenvalue weighted by Crippen LogP contribution is -2.36. The largest absolute Gasteiger partial charge is 0.493 e. The van der Waals surface area contributed by atoms with Crippen molar-refractivity contribution in [2.75, 3.05) is 33.6 Å². The van der Waals surface area contributed by atoms with Crippen molar-refractivity contribution in [2.45, 2.75) is 31.3 Å². The first-order valence-electron chi connectivity index (χ1n) is 9.78. The van der Waals surface area contributed by atoms with Crippen LogP contribution in [0.5, 0.6) is 5.75 Å². The van der Waals surface area contributed by atoms with Crippen molar-refractivity contribution in [3.05, 3.63) is 59.2 Å². The molecule has 0 saturated carbocycles. The van der Waals surface area contributed by atoms with Gasteiger partial charge < -0.3 is 20.1 Å². The minimum atomic E-state index is -3.19. The number of aryl methyl sites for hydroxylation is 1. The van der Waals surface area contributed by atoms with Gasteiger partial charge in [-0.1, -0.05) is 24.3 Å². The lowest BCUT2D eigenvalue weighted by Gasteiger charge is -2.15. The van der Waals surface area contributed by atoms with Gasteiger partial charge in [-0.15, -0.1) is 24.0 Å². The molecule has 0 aliphatic carbocycles. The summed E-state index contributed by atoms with van der Waals surface area (Å²) in [5, 5.41) is 6.53. The Morgan fingerprint density at radius 2 is 1.71 bits per heavy atom. The number of aliphatic imine (C=N–C) groups is 1. The lowest BCUT2D eigenvalue weighted by atomic mass is 10.1. The topological polar surface area (TPSA) is 89.0 Å². The van der Waals surface area contributed by atoms with Gasteiger partial charge in [0, 0.05) is 52.1 Å². The van der Waals surface area contributed by atoms with E-state index in [0.717, 1.165) is 28.9 Å². The van der Waals surface area contributed by atoms with Crippen LogP contribution in [0, 0.1) is 6.92 Å². The molecule has 0 radical (unpaired) electrons. The summed E-state index contributed by atoms with van der Waals surface area (Å²) in [5.74, 6) is 1.50. The molecule has 0 bridgehead atoms. The van der Waals surface area contributed by atoms with Crippen molar-refractivity contribution in [1.82, 2.24) is 10.6 Å². The van der Waals surface area contributed by atoms with Crippen molar-refractivity contribution in [1.29, 1.82) is 0 Å². The summed E-state index contributed by atoms with van der Waals surface area (Å²) in [6, 6.07) is 12.9. The molecule has 0 atom stereocenters. The Hall–Kier alpha value is -1.85. The van der Waals surface area contributed by atoms with Crippen LogP contribution >= 0.6 is 24.0 Å². The van der Waals surface area contributed by atoms with Crippen molar-refractivity contribution < 1.29 is 17.9 Å². The highest BCUT2D eigenvalue weighted by Gasteiger charge is 2.08. The van der Waals surface area contributed by atoms with Gasteiger partial charge in [-0.2, -0.15) is 0 Å². The maximum atomic E-state index is 11.6. The number of guanidine groups is 1. The molecule has 2 N–H and O–H groups in total. The molecule has 7 nitrogen and oxygen atoms in total. The highest BCUT2D eigenvalue weighted by Crippen LogP contribution is 2.20. The van der Waals surface area contributed by atoms with Crippen molar-refractivity contribution in [2.24, 2.45) is 4.99 Å². The minimum absolute atomic E-state index is 0. The van der Waals surface area contributed by atoms with Crippen LogP contribution < -0.4 is 15.4 Å². The first kappa shape index (κ1) is 27.2. The Balaban J connectivity index is 0.00000480. The fourth-order valence-corrected chi connectivity index (χ4v) is 3.40. The van der Waals surface area contributed by atoms with Gasteiger partial charge >= 0.3 is 0 Å². The van der Waals surface area contributed by atoms with Gasteiger partial charge in [-0.25, -0.2) is 8.42 Å². The number of methoxy groups -OCH3 is 1. The van der Waals surface area contributed by atoms with Crippen molar-refractivity contribution >= 4 is 39.8 Å². The predicted molar refractivity (Wildman–Crippen MR) is 135 cm³/mol. The fraction of sp³-hybridized carbons (Fsp3) is 0.409. The molecule has 0 spiro atoms. The molecule has 0 heterocycles. The van der Waals surface area contributed by atoms with Gasteiger partial charge in [0.25, 0.3) is 0 Å². The zero-order valence-corrected chi connectivity index (χ0v) is 21.6. The average molecular weight is 561 g/mol. The molecule has 0 fully saturated rings. The second kappa shape index (κ2) is 13.5. The summed E-state index contributed by atoms with van der Waals surface area (Å²) in [4.78, 5) is 4.56. The molecular formula is C22H32IN3O4S. The van der Waals surface area contributed by atoms with Gasteiger partial charge in [0.1, 0.15) is 5.75 Å². The maximum Gasteiger partial charge on any atom is 0.191 e. The van der Waals surface area contributed by atoms with Gasteiger partial charge in [0.15, 0.2) is 15.8 Å². The van der Waals surface area contributed by atoms with Crippen molar-refractivity contribution in [3.63, 3.8) is 0 Å². The molecular weight excluding hydrogens is 529 g/mol. The maximum absolute atomic E-state index is 11.6. The molecule has 0 aliphatic heterocycles. The van der Waals surface area contributed by atoms with Crippen LogP contribution in [0.4, 0.5) is 0 Å². The number of ether oxygens (including phenoxy) is 2. The summed E-state index contributed by atoms with van der Waals surface area (Å²) in [7, 11) is 0.201. The minimum Gasteiger partial charge on any atom is -0.493 e. The lowest BCUT2D eigenvalue weighted by molar-refractivity contribution is 0.171. The quantitative estimate of drug-likeness (QED) is 0.200. The van der Waals surface area contributed by atoms with Crippen LogP contribution in [-0.2, 0) is 27.7 Å². The number of benzene rings is 2. The smallest absolute Gasteiger partial charge is 0.191 e. The number of rotatable bonds is 10. The summed E-state index contributed by atoms with van der Waals surface area (Å²) in [5.41, 5.74) is 3.14. The van der Waals surface area contributed by atoms with E-state index in [2.05, 4.69) is 21.7 Å². The number of hydrogen-bond donors (Lipinski definition) is 2. The Morgan fingerprint density at radius 1 is 1.03 bits per heavy atom. The molecule has 0 aliphatic rings. The molecule has 2 aromatic carbocycles. The number of hydrogen-bond acceptors (Lipinski definition) is 5. The Kier molecular flexibility index (Phi) is 11.9. The van der Waals surface area contributed by atoms with Gasteiger partial charge in [-0.3, -0.25) is 4.99 Å². The first-order valence-corrected chi connectivity index (χ1v) is 11.7. The fourth-order valence-electron chi connectivity index (χ4n) is 2.77. The zero-order chi connectivity index (χ0) is 22.0. The van der Waals surface area contributed by atoms with E-state index in [-0.39, 0.29) is 24.0 Å². The van der Waals surface area contributed by atoms with E-state index in [0.29, 0.717) is 37.2 Å². The van der Waals surface area contributed by atoms with Crippen LogP contribution in [0.25, 0.3) is 0 Å². The van der Waals surface area contributed by atoms with E-state index in [1.807, 2.05) is 19.1 Å². The molecule has 0 amide bonds. The van der Waals surface area contributed by atoms with E-state index in [1.165, 1.54) is 6.26 Å². The third-order valence-electron chi connectivity index (χ3n) is 4.45. The first-order chi connectivity index (χ1) is 14.3. The summed E-state index contributed by atoms with van der Waals surface area (Å²) >= 11 is 0.